The van der Waals surface area contributed by atoms with Crippen molar-refractivity contribution in [1.29, 1.82) is 0 Å². The van der Waals surface area contributed by atoms with E-state index in [0.717, 1.165) is 13.0 Å². The van der Waals surface area contributed by atoms with Crippen LogP contribution >= 0.6 is 0 Å². The fourth-order valence-electron chi connectivity index (χ4n) is 3.46. The Hall–Kier alpha value is -1.76. The number of fused-ring (bicyclic) bond motifs is 6. The fraction of sp³-hybridized carbons (Fsp3) is 0.294. The fourth-order valence-corrected chi connectivity index (χ4v) is 3.46. The third-order valence-electron chi connectivity index (χ3n) is 4.27. The zero-order valence-corrected chi connectivity index (χ0v) is 10.5. The number of benzene rings is 1. The number of anilines is 1. The van der Waals surface area contributed by atoms with Crippen LogP contribution in [-0.2, 0) is 0 Å². The summed E-state index contributed by atoms with van der Waals surface area (Å²) in [6.07, 6.45) is 12.9. The minimum absolute atomic E-state index is 0.576. The van der Waals surface area contributed by atoms with Crippen molar-refractivity contribution in [3.63, 3.8) is 0 Å². The second kappa shape index (κ2) is 3.88. The molecule has 0 saturated heterocycles. The average molecular weight is 235 g/mol. The normalized spacial score (nSPS) is 24.7. The van der Waals surface area contributed by atoms with Crippen LogP contribution in [0.15, 0.2) is 59.8 Å². The summed E-state index contributed by atoms with van der Waals surface area (Å²) in [7, 11) is 0. The molecule has 0 aromatic heterocycles. The Morgan fingerprint density at radius 1 is 1.17 bits per heavy atom. The van der Waals surface area contributed by atoms with Gasteiger partial charge in [-0.25, -0.2) is 0 Å². The molecule has 1 aliphatic carbocycles. The maximum Gasteiger partial charge on any atom is 0.0449 e. The van der Waals surface area contributed by atoms with Gasteiger partial charge in [0.2, 0.25) is 0 Å². The Kier molecular flexibility index (Phi) is 2.19. The van der Waals surface area contributed by atoms with Crippen molar-refractivity contribution in [1.82, 2.24) is 0 Å². The molecule has 0 bridgehead atoms. The van der Waals surface area contributed by atoms with Gasteiger partial charge in [-0.05, 0) is 36.5 Å². The summed E-state index contributed by atoms with van der Waals surface area (Å²) in [5.74, 6) is 0.576. The third-order valence-corrected chi connectivity index (χ3v) is 4.27. The zero-order chi connectivity index (χ0) is 11.9. The Morgan fingerprint density at radius 2 is 2.11 bits per heavy atom. The second-order valence-electron chi connectivity index (χ2n) is 5.28. The number of nitrogens with zero attached hydrogens (tertiary/aromatic N) is 1. The van der Waals surface area contributed by atoms with Crippen LogP contribution in [0, 0.1) is 0 Å². The molecule has 1 atom stereocenters. The monoisotopic (exact) mass is 235 g/mol. The quantitative estimate of drug-likeness (QED) is 0.653. The first-order valence-corrected chi connectivity index (χ1v) is 6.89. The van der Waals surface area contributed by atoms with Gasteiger partial charge in [0.25, 0.3) is 0 Å². The molecule has 4 rings (SSSR count). The number of para-hydroxylation sites is 1. The first-order valence-electron chi connectivity index (χ1n) is 6.89. The summed E-state index contributed by atoms with van der Waals surface area (Å²) in [5, 5.41) is 0. The van der Waals surface area contributed by atoms with Crippen molar-refractivity contribution >= 4 is 5.69 Å². The lowest BCUT2D eigenvalue weighted by Crippen LogP contribution is -2.34. The second-order valence-corrected chi connectivity index (χ2v) is 5.28. The van der Waals surface area contributed by atoms with E-state index in [-0.39, 0.29) is 0 Å². The van der Waals surface area contributed by atoms with Crippen molar-refractivity contribution in [2.24, 2.45) is 0 Å². The van der Waals surface area contributed by atoms with Crippen molar-refractivity contribution in [2.45, 2.75) is 25.2 Å². The Morgan fingerprint density at radius 3 is 3.11 bits per heavy atom. The van der Waals surface area contributed by atoms with Gasteiger partial charge in [0.15, 0.2) is 0 Å². The maximum absolute atomic E-state index is 2.51. The lowest BCUT2D eigenvalue weighted by Gasteiger charge is -2.42. The molecule has 90 valence electrons. The molecule has 2 heterocycles. The topological polar surface area (TPSA) is 3.24 Å². The standard InChI is InChI=1S/C17H17N/c1-2-8-14-13(7-1)15-9-3-4-10-16(15)18-12-6-5-11-17(14)18/h1-4,8-11,13H,5-7,12H2/t13-/m0/s1. The predicted molar refractivity (Wildman–Crippen MR) is 75.7 cm³/mol. The molecule has 1 heteroatoms. The summed E-state index contributed by atoms with van der Waals surface area (Å²) in [4.78, 5) is 2.51. The van der Waals surface area contributed by atoms with Crippen molar-refractivity contribution < 1.29 is 0 Å². The van der Waals surface area contributed by atoms with Gasteiger partial charge in [0.1, 0.15) is 0 Å². The summed E-state index contributed by atoms with van der Waals surface area (Å²) < 4.78 is 0. The largest absolute Gasteiger partial charge is 0.341 e. The summed E-state index contributed by atoms with van der Waals surface area (Å²) in [5.41, 5.74) is 5.93. The molecule has 18 heavy (non-hydrogen) atoms. The van der Waals surface area contributed by atoms with E-state index in [1.54, 1.807) is 0 Å². The van der Waals surface area contributed by atoms with Crippen molar-refractivity contribution in [2.75, 3.05) is 11.4 Å². The summed E-state index contributed by atoms with van der Waals surface area (Å²) in [6.45, 7) is 1.16. The van der Waals surface area contributed by atoms with Crippen LogP contribution < -0.4 is 4.90 Å². The predicted octanol–water partition coefficient (Wildman–Crippen LogP) is 4.15. The first kappa shape index (κ1) is 10.2. The minimum atomic E-state index is 0.576. The van der Waals surface area contributed by atoms with E-state index in [0.29, 0.717) is 5.92 Å². The number of hydrogen-bond acceptors (Lipinski definition) is 1. The lowest BCUT2D eigenvalue weighted by atomic mass is 9.78. The molecular formula is C17H17N. The van der Waals surface area contributed by atoms with Gasteiger partial charge in [0.05, 0.1) is 0 Å². The molecule has 3 aliphatic rings. The van der Waals surface area contributed by atoms with Crippen molar-refractivity contribution in [3.05, 3.63) is 65.4 Å². The molecule has 0 N–H and O–H groups in total. The highest BCUT2D eigenvalue weighted by Gasteiger charge is 2.33. The molecule has 0 unspecified atom stereocenters. The molecule has 0 amide bonds. The Bertz CT molecular complexity index is 562. The molecule has 0 radical (unpaired) electrons. The minimum Gasteiger partial charge on any atom is -0.341 e. The van der Waals surface area contributed by atoms with Crippen molar-refractivity contribution in [3.8, 4) is 0 Å². The van der Waals surface area contributed by atoms with Gasteiger partial charge < -0.3 is 4.90 Å². The van der Waals surface area contributed by atoms with Crippen LogP contribution in [-0.4, -0.2) is 6.54 Å². The van der Waals surface area contributed by atoms with E-state index in [1.165, 1.54) is 35.4 Å². The SMILES string of the molecule is C1=CC[C@H]2C(=C1)C1=CCCCN1c1ccccc12. The van der Waals surface area contributed by atoms with E-state index in [9.17, 15) is 0 Å². The first-order chi connectivity index (χ1) is 8.95. The van der Waals surface area contributed by atoms with Gasteiger partial charge in [-0.2, -0.15) is 0 Å². The van der Waals surface area contributed by atoms with E-state index in [1.807, 2.05) is 0 Å². The van der Waals surface area contributed by atoms with Gasteiger partial charge in [-0.1, -0.05) is 42.5 Å². The van der Waals surface area contributed by atoms with E-state index in [2.05, 4.69) is 53.5 Å². The highest BCUT2D eigenvalue weighted by Crippen LogP contribution is 2.47. The number of hydrogen-bond donors (Lipinski definition) is 0. The highest BCUT2D eigenvalue weighted by atomic mass is 15.2. The van der Waals surface area contributed by atoms with Gasteiger partial charge >= 0.3 is 0 Å². The Labute approximate surface area is 108 Å². The van der Waals surface area contributed by atoms with Gasteiger partial charge in [0, 0.05) is 23.8 Å². The summed E-state index contributed by atoms with van der Waals surface area (Å²) >= 11 is 0. The third kappa shape index (κ3) is 1.34. The molecule has 0 fully saturated rings. The molecule has 1 nitrogen and oxygen atoms in total. The molecule has 0 spiro atoms. The highest BCUT2D eigenvalue weighted by molar-refractivity contribution is 5.71. The van der Waals surface area contributed by atoms with Crippen LogP contribution in [0.3, 0.4) is 0 Å². The lowest BCUT2D eigenvalue weighted by molar-refractivity contribution is 0.691. The summed E-state index contributed by atoms with van der Waals surface area (Å²) in [6, 6.07) is 8.92. The Balaban J connectivity index is 1.96. The molecule has 0 saturated carbocycles. The van der Waals surface area contributed by atoms with E-state index >= 15 is 0 Å². The van der Waals surface area contributed by atoms with Crippen LogP contribution in [0.4, 0.5) is 5.69 Å². The average Bonchev–Trinajstić information content (AvgIpc) is 2.48. The van der Waals surface area contributed by atoms with E-state index < -0.39 is 0 Å². The van der Waals surface area contributed by atoms with Crippen LogP contribution in [0.1, 0.15) is 30.7 Å². The molecule has 1 aromatic rings. The van der Waals surface area contributed by atoms with Crippen LogP contribution in [0.5, 0.6) is 0 Å². The van der Waals surface area contributed by atoms with Gasteiger partial charge in [-0.15, -0.1) is 0 Å². The smallest absolute Gasteiger partial charge is 0.0449 e. The van der Waals surface area contributed by atoms with E-state index in [4.69, 9.17) is 0 Å². The van der Waals surface area contributed by atoms with Crippen LogP contribution in [0.25, 0.3) is 0 Å². The zero-order valence-electron chi connectivity index (χ0n) is 10.5. The van der Waals surface area contributed by atoms with Crippen LogP contribution in [0.2, 0.25) is 0 Å². The number of rotatable bonds is 0. The molecule has 2 aliphatic heterocycles. The molecular weight excluding hydrogens is 218 g/mol. The molecule has 1 aromatic carbocycles. The van der Waals surface area contributed by atoms with Gasteiger partial charge in [-0.3, -0.25) is 0 Å². The number of allylic oxidation sites excluding steroid dienone is 5. The maximum atomic E-state index is 2.51.